The van der Waals surface area contributed by atoms with Crippen LogP contribution in [0.5, 0.6) is 0 Å². The molecule has 0 amide bonds. The van der Waals surface area contributed by atoms with Gasteiger partial charge in [-0.15, -0.1) is 5.10 Å². The predicted molar refractivity (Wildman–Crippen MR) is 74.7 cm³/mol. The highest BCUT2D eigenvalue weighted by atomic mass is 15.4. The van der Waals surface area contributed by atoms with Crippen molar-refractivity contribution < 1.29 is 0 Å². The zero-order valence-corrected chi connectivity index (χ0v) is 12.2. The molecule has 0 aliphatic heterocycles. The Hall–Kier alpha value is -1.98. The summed E-state index contributed by atoms with van der Waals surface area (Å²) in [6.45, 7) is 8.00. The van der Waals surface area contributed by atoms with Gasteiger partial charge in [0.05, 0.1) is 0 Å². The Morgan fingerprint density at radius 3 is 2.37 bits per heavy atom. The Bertz CT molecular complexity index is 587. The molecule has 0 radical (unpaired) electrons. The van der Waals surface area contributed by atoms with Crippen LogP contribution >= 0.6 is 0 Å². The fraction of sp³-hybridized carbons (Fsp3) is 0.538. The summed E-state index contributed by atoms with van der Waals surface area (Å²) >= 11 is 0. The Balaban J connectivity index is 2.64. The number of anilines is 1. The van der Waals surface area contributed by atoms with Crippen molar-refractivity contribution in [1.82, 2.24) is 24.7 Å². The van der Waals surface area contributed by atoms with Crippen molar-refractivity contribution in [3.8, 4) is 5.82 Å². The van der Waals surface area contributed by atoms with E-state index in [-0.39, 0.29) is 0 Å². The van der Waals surface area contributed by atoms with E-state index in [1.54, 1.807) is 0 Å². The molecule has 2 aromatic rings. The summed E-state index contributed by atoms with van der Waals surface area (Å²) in [5, 5.41) is 7.63. The van der Waals surface area contributed by atoms with E-state index in [4.69, 9.17) is 0 Å². The van der Waals surface area contributed by atoms with Crippen molar-refractivity contribution in [3.05, 3.63) is 23.0 Å². The van der Waals surface area contributed by atoms with E-state index in [1.807, 2.05) is 25.6 Å². The first-order valence-electron chi connectivity index (χ1n) is 6.58. The summed E-state index contributed by atoms with van der Waals surface area (Å²) in [5.41, 5.74) is 0.982. The Morgan fingerprint density at radius 1 is 1.05 bits per heavy atom. The SMILES string of the molecule is CCc1nc(CC)n(-c2nc(C)nc(NC)c2C)n1. The molecule has 2 aromatic heterocycles. The van der Waals surface area contributed by atoms with Crippen LogP contribution in [0.1, 0.15) is 36.9 Å². The van der Waals surface area contributed by atoms with Crippen molar-refractivity contribution >= 4 is 5.82 Å². The van der Waals surface area contributed by atoms with Gasteiger partial charge in [-0.1, -0.05) is 13.8 Å². The molecule has 0 aliphatic carbocycles. The van der Waals surface area contributed by atoms with E-state index in [0.29, 0.717) is 0 Å². The predicted octanol–water partition coefficient (Wildman–Crippen LogP) is 1.84. The van der Waals surface area contributed by atoms with E-state index >= 15 is 0 Å². The third-order valence-corrected chi connectivity index (χ3v) is 3.02. The van der Waals surface area contributed by atoms with Crippen molar-refractivity contribution in [2.45, 2.75) is 40.5 Å². The summed E-state index contributed by atoms with van der Waals surface area (Å²) in [6, 6.07) is 0. The summed E-state index contributed by atoms with van der Waals surface area (Å²) in [5.74, 6) is 4.14. The minimum absolute atomic E-state index is 0.723. The molecular formula is C13H20N6. The van der Waals surface area contributed by atoms with E-state index in [0.717, 1.165) is 47.5 Å². The molecular weight excluding hydrogens is 240 g/mol. The maximum Gasteiger partial charge on any atom is 0.164 e. The lowest BCUT2D eigenvalue weighted by molar-refractivity contribution is 0.754. The van der Waals surface area contributed by atoms with E-state index in [2.05, 4.69) is 39.2 Å². The summed E-state index contributed by atoms with van der Waals surface area (Å²) in [7, 11) is 1.86. The van der Waals surface area contributed by atoms with Crippen LogP contribution in [-0.2, 0) is 12.8 Å². The molecule has 0 saturated heterocycles. The first-order chi connectivity index (χ1) is 9.10. The zero-order valence-electron chi connectivity index (χ0n) is 12.2. The van der Waals surface area contributed by atoms with Gasteiger partial charge in [-0.25, -0.2) is 15.0 Å². The van der Waals surface area contributed by atoms with Crippen LogP contribution in [0.3, 0.4) is 0 Å². The first-order valence-corrected chi connectivity index (χ1v) is 6.58. The maximum atomic E-state index is 4.53. The summed E-state index contributed by atoms with van der Waals surface area (Å²) in [6.07, 6.45) is 1.65. The van der Waals surface area contributed by atoms with Crippen LogP contribution in [0.15, 0.2) is 0 Å². The van der Waals surface area contributed by atoms with Gasteiger partial charge in [-0.3, -0.25) is 0 Å². The van der Waals surface area contributed by atoms with Gasteiger partial charge in [0.1, 0.15) is 17.5 Å². The number of rotatable bonds is 4. The molecule has 0 aromatic carbocycles. The lowest BCUT2D eigenvalue weighted by Crippen LogP contribution is -2.11. The van der Waals surface area contributed by atoms with Gasteiger partial charge >= 0.3 is 0 Å². The van der Waals surface area contributed by atoms with Gasteiger partial charge in [-0.2, -0.15) is 4.68 Å². The molecule has 102 valence electrons. The van der Waals surface area contributed by atoms with Crippen molar-refractivity contribution in [1.29, 1.82) is 0 Å². The van der Waals surface area contributed by atoms with Crippen molar-refractivity contribution in [3.63, 3.8) is 0 Å². The lowest BCUT2D eigenvalue weighted by atomic mass is 10.3. The molecule has 0 atom stereocenters. The first kappa shape index (κ1) is 13.5. The zero-order chi connectivity index (χ0) is 14.0. The molecule has 19 heavy (non-hydrogen) atoms. The van der Waals surface area contributed by atoms with E-state index in [1.165, 1.54) is 0 Å². The van der Waals surface area contributed by atoms with Gasteiger partial charge in [0.25, 0.3) is 0 Å². The highest BCUT2D eigenvalue weighted by molar-refractivity contribution is 5.51. The fourth-order valence-corrected chi connectivity index (χ4v) is 2.00. The quantitative estimate of drug-likeness (QED) is 0.908. The molecule has 1 N–H and O–H groups in total. The number of hydrogen-bond donors (Lipinski definition) is 1. The molecule has 0 aliphatic rings. The standard InChI is InChI=1S/C13H20N6/c1-6-10-17-11(7-2)19(18-10)13-8(3)12(14-5)15-9(4)16-13/h6-7H2,1-5H3,(H,14,15,16). The number of hydrogen-bond acceptors (Lipinski definition) is 5. The van der Waals surface area contributed by atoms with Crippen LogP contribution in [0, 0.1) is 13.8 Å². The molecule has 0 spiro atoms. The van der Waals surface area contributed by atoms with Crippen molar-refractivity contribution in [2.75, 3.05) is 12.4 Å². The second-order valence-corrected chi connectivity index (χ2v) is 4.38. The molecule has 0 fully saturated rings. The third-order valence-electron chi connectivity index (χ3n) is 3.02. The van der Waals surface area contributed by atoms with Crippen LogP contribution < -0.4 is 5.32 Å². The maximum absolute atomic E-state index is 4.53. The van der Waals surface area contributed by atoms with E-state index < -0.39 is 0 Å². The van der Waals surface area contributed by atoms with Gasteiger partial charge in [-0.05, 0) is 13.8 Å². The molecule has 2 rings (SSSR count). The van der Waals surface area contributed by atoms with Crippen LogP contribution in [0.2, 0.25) is 0 Å². The Labute approximate surface area is 113 Å². The largest absolute Gasteiger partial charge is 0.373 e. The average Bonchev–Trinajstić information content (AvgIpc) is 2.84. The molecule has 0 saturated carbocycles. The van der Waals surface area contributed by atoms with Crippen LogP contribution in [-0.4, -0.2) is 31.8 Å². The monoisotopic (exact) mass is 260 g/mol. The number of nitrogens with one attached hydrogen (secondary N) is 1. The summed E-state index contributed by atoms with van der Waals surface area (Å²) in [4.78, 5) is 13.4. The van der Waals surface area contributed by atoms with Gasteiger partial charge < -0.3 is 5.32 Å². The smallest absolute Gasteiger partial charge is 0.164 e. The highest BCUT2D eigenvalue weighted by Gasteiger charge is 2.15. The number of aryl methyl sites for hydroxylation is 3. The molecule has 6 nitrogen and oxygen atoms in total. The van der Waals surface area contributed by atoms with Gasteiger partial charge in [0.15, 0.2) is 11.6 Å². The Morgan fingerprint density at radius 2 is 1.79 bits per heavy atom. The fourth-order valence-electron chi connectivity index (χ4n) is 2.00. The normalized spacial score (nSPS) is 10.8. The summed E-state index contributed by atoms with van der Waals surface area (Å²) < 4.78 is 1.84. The Kier molecular flexibility index (Phi) is 3.78. The second kappa shape index (κ2) is 5.34. The number of aromatic nitrogens is 5. The second-order valence-electron chi connectivity index (χ2n) is 4.38. The lowest BCUT2D eigenvalue weighted by Gasteiger charge is -2.11. The molecule has 6 heteroatoms. The van der Waals surface area contributed by atoms with Gasteiger partial charge in [0, 0.05) is 25.5 Å². The molecule has 0 bridgehead atoms. The molecule has 2 heterocycles. The van der Waals surface area contributed by atoms with Crippen LogP contribution in [0.25, 0.3) is 5.82 Å². The number of nitrogens with zero attached hydrogens (tertiary/aromatic N) is 5. The topological polar surface area (TPSA) is 68.5 Å². The average molecular weight is 260 g/mol. The minimum atomic E-state index is 0.723. The van der Waals surface area contributed by atoms with Gasteiger partial charge in [0.2, 0.25) is 0 Å². The molecule has 0 unspecified atom stereocenters. The van der Waals surface area contributed by atoms with E-state index in [9.17, 15) is 0 Å². The van der Waals surface area contributed by atoms with Crippen molar-refractivity contribution in [2.24, 2.45) is 0 Å². The third kappa shape index (κ3) is 2.43. The highest BCUT2D eigenvalue weighted by Crippen LogP contribution is 2.19. The van der Waals surface area contributed by atoms with Crippen LogP contribution in [0.4, 0.5) is 5.82 Å². The minimum Gasteiger partial charge on any atom is -0.373 e.